The van der Waals surface area contributed by atoms with Gasteiger partial charge in [-0.1, -0.05) is 36.4 Å². The van der Waals surface area contributed by atoms with E-state index in [0.717, 1.165) is 23.6 Å². The van der Waals surface area contributed by atoms with Gasteiger partial charge in [0, 0.05) is 29.9 Å². The first-order chi connectivity index (χ1) is 16.0. The van der Waals surface area contributed by atoms with E-state index < -0.39 is 33.8 Å². The molecule has 182 valence electrons. The molecule has 7 nitrogen and oxygen atoms in total. The Morgan fingerprint density at radius 3 is 2.50 bits per heavy atom. The molecule has 0 saturated heterocycles. The van der Waals surface area contributed by atoms with E-state index in [-0.39, 0.29) is 4.90 Å². The van der Waals surface area contributed by atoms with Crippen LogP contribution in [-0.4, -0.2) is 37.2 Å². The number of pyridine rings is 1. The van der Waals surface area contributed by atoms with Gasteiger partial charge >= 0.3 is 6.09 Å². The summed E-state index contributed by atoms with van der Waals surface area (Å²) in [6, 6.07) is 15.7. The number of sulfonamides is 1. The van der Waals surface area contributed by atoms with Gasteiger partial charge < -0.3 is 10.1 Å². The van der Waals surface area contributed by atoms with Crippen LogP contribution in [-0.2, 0) is 21.2 Å². The number of amides is 1. The van der Waals surface area contributed by atoms with Crippen LogP contribution >= 0.6 is 0 Å². The molecule has 8 heteroatoms. The SMILES string of the molecule is C[C@@H](NS(=O)(=O)c1ccc2cnccc2c1)[C@H](CCCc1ccccc1)NC(=O)OC(C)(C)C. The second kappa shape index (κ2) is 11.0. The van der Waals surface area contributed by atoms with Crippen LogP contribution in [0.2, 0.25) is 0 Å². The Kier molecular flexibility index (Phi) is 8.28. The number of alkyl carbamates (subject to hydrolysis) is 1. The normalized spacial score (nSPS) is 13.9. The summed E-state index contributed by atoms with van der Waals surface area (Å²) >= 11 is 0. The van der Waals surface area contributed by atoms with Gasteiger partial charge in [0.25, 0.3) is 0 Å². The van der Waals surface area contributed by atoms with Gasteiger partial charge in [-0.05, 0) is 76.1 Å². The third-order valence-corrected chi connectivity index (χ3v) is 6.95. The molecule has 1 heterocycles. The average molecular weight is 484 g/mol. The molecular weight excluding hydrogens is 450 g/mol. The molecule has 1 aromatic heterocycles. The number of carbonyl (C=O) groups is 1. The Balaban J connectivity index is 1.73. The molecule has 0 bridgehead atoms. The number of nitrogens with zero attached hydrogens (tertiary/aromatic N) is 1. The number of aromatic nitrogens is 1. The summed E-state index contributed by atoms with van der Waals surface area (Å²) in [5.41, 5.74) is 0.541. The van der Waals surface area contributed by atoms with Crippen molar-refractivity contribution in [2.75, 3.05) is 0 Å². The number of nitrogens with one attached hydrogen (secondary N) is 2. The minimum atomic E-state index is -3.81. The summed E-state index contributed by atoms with van der Waals surface area (Å²) < 4.78 is 34.4. The molecule has 0 fully saturated rings. The highest BCUT2D eigenvalue weighted by Gasteiger charge is 2.27. The predicted octanol–water partition coefficient (Wildman–Crippen LogP) is 4.82. The van der Waals surface area contributed by atoms with Crippen LogP contribution in [0.25, 0.3) is 10.8 Å². The van der Waals surface area contributed by atoms with Crippen molar-refractivity contribution < 1.29 is 17.9 Å². The van der Waals surface area contributed by atoms with Gasteiger partial charge in [-0.3, -0.25) is 4.98 Å². The minimum Gasteiger partial charge on any atom is -0.444 e. The van der Waals surface area contributed by atoms with Crippen molar-refractivity contribution in [1.29, 1.82) is 0 Å². The fraction of sp³-hybridized carbons (Fsp3) is 0.385. The number of fused-ring (bicyclic) bond motifs is 1. The van der Waals surface area contributed by atoms with Crippen LogP contribution in [0.1, 0.15) is 46.1 Å². The van der Waals surface area contributed by atoms with E-state index in [2.05, 4.69) is 27.2 Å². The molecule has 0 saturated carbocycles. The van der Waals surface area contributed by atoms with Crippen molar-refractivity contribution in [2.24, 2.45) is 0 Å². The maximum Gasteiger partial charge on any atom is 0.407 e. The third kappa shape index (κ3) is 7.53. The van der Waals surface area contributed by atoms with Crippen molar-refractivity contribution >= 4 is 26.9 Å². The molecule has 0 aliphatic rings. The summed E-state index contributed by atoms with van der Waals surface area (Å²) in [5.74, 6) is 0. The monoisotopic (exact) mass is 483 g/mol. The number of aryl methyl sites for hydroxylation is 1. The van der Waals surface area contributed by atoms with Gasteiger partial charge in [-0.25, -0.2) is 17.9 Å². The maximum atomic E-state index is 13.1. The lowest BCUT2D eigenvalue weighted by molar-refractivity contribution is 0.0493. The number of ether oxygens (including phenoxy) is 1. The van der Waals surface area contributed by atoms with Crippen molar-refractivity contribution in [3.8, 4) is 0 Å². The van der Waals surface area contributed by atoms with Gasteiger partial charge in [0.2, 0.25) is 10.0 Å². The Labute approximate surface area is 202 Å². The summed E-state index contributed by atoms with van der Waals surface area (Å²) in [4.78, 5) is 16.7. The lowest BCUT2D eigenvalue weighted by Crippen LogP contribution is -2.51. The van der Waals surface area contributed by atoms with Crippen LogP contribution in [0.4, 0.5) is 4.79 Å². The predicted molar refractivity (Wildman–Crippen MR) is 134 cm³/mol. The second-order valence-electron chi connectivity index (χ2n) is 9.43. The smallest absolute Gasteiger partial charge is 0.407 e. The first-order valence-corrected chi connectivity index (χ1v) is 12.9. The fourth-order valence-corrected chi connectivity index (χ4v) is 5.02. The van der Waals surface area contributed by atoms with E-state index in [4.69, 9.17) is 4.74 Å². The summed E-state index contributed by atoms with van der Waals surface area (Å²) in [6.07, 6.45) is 4.94. The second-order valence-corrected chi connectivity index (χ2v) is 11.1. The standard InChI is InChI=1S/C26H33N3O4S/c1-19(29-34(31,32)23-14-13-22-18-27-16-15-21(22)17-23)24(28-25(30)33-26(2,3)4)12-8-11-20-9-6-5-7-10-20/h5-7,9-10,13-19,24,29H,8,11-12H2,1-4H3,(H,28,30)/t19-,24+/m1/s1. The zero-order valence-electron chi connectivity index (χ0n) is 20.1. The van der Waals surface area contributed by atoms with Gasteiger partial charge in [0.15, 0.2) is 0 Å². The zero-order chi connectivity index (χ0) is 24.8. The lowest BCUT2D eigenvalue weighted by atomic mass is 10.0. The van der Waals surface area contributed by atoms with Crippen LogP contribution in [0.5, 0.6) is 0 Å². The molecule has 0 aliphatic carbocycles. The maximum absolute atomic E-state index is 13.1. The highest BCUT2D eigenvalue weighted by atomic mass is 32.2. The Bertz CT molecular complexity index is 1210. The van der Waals surface area contributed by atoms with Crippen LogP contribution in [0, 0.1) is 0 Å². The number of hydrogen-bond acceptors (Lipinski definition) is 5. The minimum absolute atomic E-state index is 0.165. The molecule has 3 aromatic rings. The number of rotatable bonds is 9. The third-order valence-electron chi connectivity index (χ3n) is 5.39. The van der Waals surface area contributed by atoms with E-state index in [1.54, 1.807) is 64.4 Å². The van der Waals surface area contributed by atoms with Crippen LogP contribution in [0.15, 0.2) is 71.9 Å². The molecule has 34 heavy (non-hydrogen) atoms. The Morgan fingerprint density at radius 1 is 1.06 bits per heavy atom. The number of benzene rings is 2. The zero-order valence-corrected chi connectivity index (χ0v) is 20.9. The van der Waals surface area contributed by atoms with Gasteiger partial charge in [-0.15, -0.1) is 0 Å². The topological polar surface area (TPSA) is 97.4 Å². The average Bonchev–Trinajstić information content (AvgIpc) is 2.77. The molecule has 0 radical (unpaired) electrons. The van der Waals surface area contributed by atoms with E-state index in [0.29, 0.717) is 6.42 Å². The van der Waals surface area contributed by atoms with Crippen molar-refractivity contribution in [2.45, 2.75) is 69.5 Å². The molecule has 2 atom stereocenters. The molecule has 0 unspecified atom stereocenters. The van der Waals surface area contributed by atoms with Crippen molar-refractivity contribution in [1.82, 2.24) is 15.0 Å². The van der Waals surface area contributed by atoms with Gasteiger partial charge in [0.05, 0.1) is 4.90 Å². The molecule has 1 amide bonds. The summed E-state index contributed by atoms with van der Waals surface area (Å²) in [6.45, 7) is 7.13. The number of carbonyl (C=O) groups excluding carboxylic acids is 1. The first kappa shape index (κ1) is 25.6. The van der Waals surface area contributed by atoms with E-state index >= 15 is 0 Å². The Hall–Kier alpha value is -2.97. The first-order valence-electron chi connectivity index (χ1n) is 11.4. The summed E-state index contributed by atoms with van der Waals surface area (Å²) in [5, 5.41) is 4.52. The van der Waals surface area contributed by atoms with E-state index in [9.17, 15) is 13.2 Å². The van der Waals surface area contributed by atoms with Gasteiger partial charge in [-0.2, -0.15) is 0 Å². The molecule has 2 aromatic carbocycles. The largest absolute Gasteiger partial charge is 0.444 e. The van der Waals surface area contributed by atoms with Crippen molar-refractivity contribution in [3.05, 3.63) is 72.6 Å². The highest BCUT2D eigenvalue weighted by Crippen LogP contribution is 2.19. The summed E-state index contributed by atoms with van der Waals surface area (Å²) in [7, 11) is -3.81. The van der Waals surface area contributed by atoms with Crippen molar-refractivity contribution in [3.63, 3.8) is 0 Å². The fourth-order valence-electron chi connectivity index (χ4n) is 3.70. The molecule has 0 spiro atoms. The Morgan fingerprint density at radius 2 is 1.79 bits per heavy atom. The van der Waals surface area contributed by atoms with E-state index in [1.165, 1.54) is 5.56 Å². The van der Waals surface area contributed by atoms with Crippen LogP contribution in [0.3, 0.4) is 0 Å². The van der Waals surface area contributed by atoms with Gasteiger partial charge in [0.1, 0.15) is 5.60 Å². The van der Waals surface area contributed by atoms with E-state index in [1.807, 2.05) is 18.2 Å². The molecular formula is C26H33N3O4S. The van der Waals surface area contributed by atoms with Crippen LogP contribution < -0.4 is 10.0 Å². The lowest BCUT2D eigenvalue weighted by Gasteiger charge is -2.28. The number of hydrogen-bond donors (Lipinski definition) is 2. The highest BCUT2D eigenvalue weighted by molar-refractivity contribution is 7.89. The quantitative estimate of drug-likeness (QED) is 0.455. The molecule has 0 aliphatic heterocycles. The molecule has 2 N–H and O–H groups in total. The molecule has 3 rings (SSSR count).